The van der Waals surface area contributed by atoms with E-state index in [0.717, 1.165) is 22.6 Å². The average molecular weight is 268 g/mol. The Morgan fingerprint density at radius 3 is 2.65 bits per heavy atom. The first-order chi connectivity index (χ1) is 9.81. The lowest BCUT2D eigenvalue weighted by molar-refractivity contribution is 0.305. The molecule has 0 bridgehead atoms. The van der Waals surface area contributed by atoms with Crippen molar-refractivity contribution in [3.8, 4) is 23.3 Å². The van der Waals surface area contributed by atoms with Crippen molar-refractivity contribution in [2.75, 3.05) is 13.7 Å². The van der Waals surface area contributed by atoms with Gasteiger partial charge in [-0.05, 0) is 35.9 Å². The SMILES string of the molecule is COc1cccc(COc2cccc(C#CCO)c2)c1. The summed E-state index contributed by atoms with van der Waals surface area (Å²) in [4.78, 5) is 0. The Bertz CT molecular complexity index is 623. The van der Waals surface area contributed by atoms with E-state index in [1.54, 1.807) is 7.11 Å². The standard InChI is InChI=1S/C17H16O3/c1-19-16-8-3-6-15(12-16)13-20-17-9-2-5-14(11-17)7-4-10-18/h2-3,5-6,8-9,11-12,18H,10,13H2,1H3. The summed E-state index contributed by atoms with van der Waals surface area (Å²) in [7, 11) is 1.64. The number of benzene rings is 2. The lowest BCUT2D eigenvalue weighted by atomic mass is 10.2. The predicted molar refractivity (Wildman–Crippen MR) is 77.7 cm³/mol. The Kier molecular flexibility index (Phi) is 5.05. The molecular formula is C17H16O3. The molecule has 0 aromatic heterocycles. The zero-order chi connectivity index (χ0) is 14.2. The smallest absolute Gasteiger partial charge is 0.121 e. The predicted octanol–water partition coefficient (Wildman–Crippen LogP) is 2.62. The lowest BCUT2D eigenvalue weighted by Gasteiger charge is -2.08. The second-order valence-electron chi connectivity index (χ2n) is 4.13. The van der Waals surface area contributed by atoms with E-state index in [1.807, 2.05) is 48.5 Å². The first-order valence-corrected chi connectivity index (χ1v) is 6.27. The van der Waals surface area contributed by atoms with Gasteiger partial charge in [-0.2, -0.15) is 0 Å². The number of ether oxygens (including phenoxy) is 2. The van der Waals surface area contributed by atoms with Gasteiger partial charge in [0.1, 0.15) is 24.7 Å². The zero-order valence-corrected chi connectivity index (χ0v) is 11.3. The number of hydrogen-bond acceptors (Lipinski definition) is 3. The maximum absolute atomic E-state index is 8.68. The largest absolute Gasteiger partial charge is 0.497 e. The van der Waals surface area contributed by atoms with E-state index < -0.39 is 0 Å². The van der Waals surface area contributed by atoms with Crippen molar-refractivity contribution in [1.29, 1.82) is 0 Å². The van der Waals surface area contributed by atoms with E-state index in [-0.39, 0.29) is 6.61 Å². The molecule has 20 heavy (non-hydrogen) atoms. The van der Waals surface area contributed by atoms with Crippen LogP contribution < -0.4 is 9.47 Å². The number of aliphatic hydroxyl groups is 1. The topological polar surface area (TPSA) is 38.7 Å². The molecule has 1 N–H and O–H groups in total. The molecule has 0 saturated heterocycles. The van der Waals surface area contributed by atoms with E-state index in [4.69, 9.17) is 14.6 Å². The summed E-state index contributed by atoms with van der Waals surface area (Å²) in [6.45, 7) is 0.322. The summed E-state index contributed by atoms with van der Waals surface area (Å²) in [5.74, 6) is 7.03. The molecule has 0 fully saturated rings. The lowest BCUT2D eigenvalue weighted by Crippen LogP contribution is -1.96. The first-order valence-electron chi connectivity index (χ1n) is 6.27. The van der Waals surface area contributed by atoms with Crippen LogP contribution in [0.4, 0.5) is 0 Å². The summed E-state index contributed by atoms with van der Waals surface area (Å²) >= 11 is 0. The summed E-state index contributed by atoms with van der Waals surface area (Å²) in [5, 5.41) is 8.68. The van der Waals surface area contributed by atoms with Crippen LogP contribution in [0.2, 0.25) is 0 Å². The monoisotopic (exact) mass is 268 g/mol. The maximum atomic E-state index is 8.68. The first kappa shape index (κ1) is 14.0. The maximum Gasteiger partial charge on any atom is 0.121 e. The van der Waals surface area contributed by atoms with Crippen LogP contribution in [-0.2, 0) is 6.61 Å². The molecule has 0 radical (unpaired) electrons. The Labute approximate surface area is 118 Å². The van der Waals surface area contributed by atoms with Gasteiger partial charge < -0.3 is 14.6 Å². The molecule has 2 aromatic carbocycles. The van der Waals surface area contributed by atoms with Crippen LogP contribution >= 0.6 is 0 Å². The Morgan fingerprint density at radius 2 is 1.85 bits per heavy atom. The van der Waals surface area contributed by atoms with Crippen LogP contribution in [0.3, 0.4) is 0 Å². The minimum absolute atomic E-state index is 0.144. The molecular weight excluding hydrogens is 252 g/mol. The molecule has 0 atom stereocenters. The fraction of sp³-hybridized carbons (Fsp3) is 0.176. The molecule has 0 heterocycles. The van der Waals surface area contributed by atoms with Crippen molar-refractivity contribution in [2.45, 2.75) is 6.61 Å². The van der Waals surface area contributed by atoms with Gasteiger partial charge in [0.25, 0.3) is 0 Å². The van der Waals surface area contributed by atoms with E-state index in [9.17, 15) is 0 Å². The number of methoxy groups -OCH3 is 1. The summed E-state index contributed by atoms with van der Waals surface area (Å²) in [5.41, 5.74) is 1.86. The number of aliphatic hydroxyl groups excluding tert-OH is 1. The third kappa shape index (κ3) is 4.04. The Morgan fingerprint density at radius 1 is 1.05 bits per heavy atom. The van der Waals surface area contributed by atoms with E-state index >= 15 is 0 Å². The van der Waals surface area contributed by atoms with Gasteiger partial charge >= 0.3 is 0 Å². The molecule has 2 rings (SSSR count). The Hall–Kier alpha value is -2.44. The van der Waals surface area contributed by atoms with Crippen LogP contribution in [-0.4, -0.2) is 18.8 Å². The van der Waals surface area contributed by atoms with Gasteiger partial charge in [-0.15, -0.1) is 0 Å². The van der Waals surface area contributed by atoms with Gasteiger partial charge in [-0.1, -0.05) is 30.0 Å². The fourth-order valence-corrected chi connectivity index (χ4v) is 1.73. The van der Waals surface area contributed by atoms with Gasteiger partial charge in [0.05, 0.1) is 7.11 Å². The quantitative estimate of drug-likeness (QED) is 0.866. The van der Waals surface area contributed by atoms with Crippen molar-refractivity contribution in [2.24, 2.45) is 0 Å². The minimum atomic E-state index is -0.144. The van der Waals surface area contributed by atoms with Crippen molar-refractivity contribution in [3.63, 3.8) is 0 Å². The zero-order valence-electron chi connectivity index (χ0n) is 11.3. The Balaban J connectivity index is 2.03. The minimum Gasteiger partial charge on any atom is -0.497 e. The molecule has 0 spiro atoms. The molecule has 0 aliphatic rings. The van der Waals surface area contributed by atoms with Crippen molar-refractivity contribution < 1.29 is 14.6 Å². The van der Waals surface area contributed by atoms with Gasteiger partial charge in [-0.3, -0.25) is 0 Å². The van der Waals surface area contributed by atoms with Crippen LogP contribution in [0, 0.1) is 11.8 Å². The van der Waals surface area contributed by atoms with Crippen molar-refractivity contribution in [1.82, 2.24) is 0 Å². The van der Waals surface area contributed by atoms with Gasteiger partial charge in [0.15, 0.2) is 0 Å². The van der Waals surface area contributed by atoms with Gasteiger partial charge in [0.2, 0.25) is 0 Å². The van der Waals surface area contributed by atoms with Crippen molar-refractivity contribution in [3.05, 3.63) is 59.7 Å². The van der Waals surface area contributed by atoms with Crippen LogP contribution in [0.25, 0.3) is 0 Å². The summed E-state index contributed by atoms with van der Waals surface area (Å²) in [6.07, 6.45) is 0. The number of hydrogen-bond donors (Lipinski definition) is 1. The van der Waals surface area contributed by atoms with Crippen LogP contribution in [0.15, 0.2) is 48.5 Å². The highest BCUT2D eigenvalue weighted by Gasteiger charge is 1.99. The van der Waals surface area contributed by atoms with Gasteiger partial charge in [0, 0.05) is 5.56 Å². The van der Waals surface area contributed by atoms with E-state index in [1.165, 1.54) is 0 Å². The second-order valence-corrected chi connectivity index (χ2v) is 4.13. The third-order valence-corrected chi connectivity index (χ3v) is 2.69. The van der Waals surface area contributed by atoms with Crippen LogP contribution in [0.1, 0.15) is 11.1 Å². The highest BCUT2D eigenvalue weighted by Crippen LogP contribution is 2.17. The normalized spacial score (nSPS) is 9.50. The summed E-state index contributed by atoms with van der Waals surface area (Å²) in [6, 6.07) is 15.2. The molecule has 3 heteroatoms. The average Bonchev–Trinajstić information content (AvgIpc) is 2.51. The molecule has 102 valence electrons. The van der Waals surface area contributed by atoms with E-state index in [0.29, 0.717) is 6.61 Å². The second kappa shape index (κ2) is 7.22. The molecule has 0 unspecified atom stereocenters. The molecule has 0 amide bonds. The van der Waals surface area contributed by atoms with Crippen LogP contribution in [0.5, 0.6) is 11.5 Å². The van der Waals surface area contributed by atoms with Crippen molar-refractivity contribution >= 4 is 0 Å². The van der Waals surface area contributed by atoms with E-state index in [2.05, 4.69) is 11.8 Å². The van der Waals surface area contributed by atoms with Gasteiger partial charge in [-0.25, -0.2) is 0 Å². The highest BCUT2D eigenvalue weighted by atomic mass is 16.5. The fourth-order valence-electron chi connectivity index (χ4n) is 1.73. The third-order valence-electron chi connectivity index (χ3n) is 2.69. The molecule has 3 nitrogen and oxygen atoms in total. The number of rotatable bonds is 4. The molecule has 0 aliphatic heterocycles. The summed E-state index contributed by atoms with van der Waals surface area (Å²) < 4.78 is 10.9. The molecule has 2 aromatic rings. The molecule has 0 aliphatic carbocycles. The highest BCUT2D eigenvalue weighted by molar-refractivity contribution is 5.40. The molecule has 0 saturated carbocycles.